The van der Waals surface area contributed by atoms with E-state index in [9.17, 15) is 0 Å². The van der Waals surface area contributed by atoms with Gasteiger partial charge in [0.25, 0.3) is 0 Å². The second-order valence-electron chi connectivity index (χ2n) is 5.04. The highest BCUT2D eigenvalue weighted by Gasteiger charge is 2.20. The van der Waals surface area contributed by atoms with Gasteiger partial charge in [-0.05, 0) is 32.9 Å². The maximum Gasteiger partial charge on any atom is 0.222 e. The molecule has 108 valence electrons. The quantitative estimate of drug-likeness (QED) is 0.777. The van der Waals surface area contributed by atoms with E-state index in [2.05, 4.69) is 32.0 Å². The van der Waals surface area contributed by atoms with Gasteiger partial charge in [-0.3, -0.25) is 0 Å². The van der Waals surface area contributed by atoms with E-state index in [1.165, 1.54) is 0 Å². The summed E-state index contributed by atoms with van der Waals surface area (Å²) in [6, 6.07) is 3.47. The minimum atomic E-state index is -0.516. The summed E-state index contributed by atoms with van der Waals surface area (Å²) in [4.78, 5) is 7.97. The fraction of sp³-hybridized carbons (Fsp3) is 0.286. The zero-order chi connectivity index (χ0) is 15.6. The van der Waals surface area contributed by atoms with Crippen molar-refractivity contribution in [3.63, 3.8) is 0 Å². The second kappa shape index (κ2) is 5.54. The van der Waals surface area contributed by atoms with Crippen LogP contribution in [0.2, 0.25) is 5.15 Å². The van der Waals surface area contributed by atoms with Crippen molar-refractivity contribution >= 4 is 23.4 Å². The van der Waals surface area contributed by atoms with Gasteiger partial charge in [0.15, 0.2) is 5.15 Å². The van der Waals surface area contributed by atoms with Crippen LogP contribution >= 0.6 is 11.6 Å². The molecule has 0 aromatic carbocycles. The Morgan fingerprint density at radius 1 is 1.14 bits per heavy atom. The van der Waals surface area contributed by atoms with Gasteiger partial charge in [-0.1, -0.05) is 23.4 Å². The molecule has 2 heterocycles. The van der Waals surface area contributed by atoms with Crippen molar-refractivity contribution in [3.05, 3.63) is 34.2 Å². The molecule has 0 saturated carbocycles. The van der Waals surface area contributed by atoms with Gasteiger partial charge in [0.05, 0.1) is 22.4 Å². The fourth-order valence-corrected chi connectivity index (χ4v) is 1.80. The minimum absolute atomic E-state index is 0.137. The Kier molecular flexibility index (Phi) is 3.96. The monoisotopic (exact) mass is 302 g/mol. The van der Waals surface area contributed by atoms with Gasteiger partial charge < -0.3 is 11.5 Å². The van der Waals surface area contributed by atoms with Gasteiger partial charge >= 0.3 is 0 Å². The van der Waals surface area contributed by atoms with E-state index in [0.29, 0.717) is 22.1 Å². The lowest BCUT2D eigenvalue weighted by molar-refractivity contribution is 0.652. The first-order chi connectivity index (χ1) is 9.79. The third-order valence-electron chi connectivity index (χ3n) is 2.91. The third-order valence-corrected chi connectivity index (χ3v) is 3.11. The lowest BCUT2D eigenvalue weighted by Gasteiger charge is -2.15. The molecule has 0 unspecified atom stereocenters. The Hall–Kier alpha value is -2.39. The van der Waals surface area contributed by atoms with Crippen LogP contribution < -0.4 is 11.5 Å². The van der Waals surface area contributed by atoms with Gasteiger partial charge in [0, 0.05) is 0 Å². The second-order valence-corrected chi connectivity index (χ2v) is 5.43. The number of aromatic nitrogens is 4. The van der Waals surface area contributed by atoms with Gasteiger partial charge in [0.1, 0.15) is 5.82 Å². The van der Waals surface area contributed by atoms with E-state index in [1.807, 2.05) is 13.8 Å². The Morgan fingerprint density at radius 3 is 2.43 bits per heavy atom. The molecule has 0 bridgehead atoms. The van der Waals surface area contributed by atoms with Crippen LogP contribution in [0, 0.1) is 18.8 Å². The summed E-state index contributed by atoms with van der Waals surface area (Å²) in [7, 11) is 0. The highest BCUT2D eigenvalue weighted by molar-refractivity contribution is 6.29. The van der Waals surface area contributed by atoms with Crippen LogP contribution in [0.25, 0.3) is 0 Å². The summed E-state index contributed by atoms with van der Waals surface area (Å²) in [5, 5.41) is 8.23. The average Bonchev–Trinajstić information content (AvgIpc) is 2.37. The maximum atomic E-state index is 5.83. The normalized spacial score (nSPS) is 10.9. The van der Waals surface area contributed by atoms with Gasteiger partial charge in [-0.25, -0.2) is 4.98 Å². The molecule has 0 spiro atoms. The van der Waals surface area contributed by atoms with Crippen LogP contribution in [0.15, 0.2) is 12.1 Å². The highest BCUT2D eigenvalue weighted by atomic mass is 35.5. The lowest BCUT2D eigenvalue weighted by atomic mass is 9.89. The molecule has 0 atom stereocenters. The molecule has 0 aliphatic carbocycles. The Morgan fingerprint density at radius 2 is 1.86 bits per heavy atom. The largest absolute Gasteiger partial charge is 0.382 e. The standard InChI is InChI=1S/C14H15ClN6/c1-8-9(12(16)19-13(17)18-8)6-7-14(2,3)10-4-5-11(15)21-20-10/h4-5H,1-3H3,(H4,16,17,18,19). The summed E-state index contributed by atoms with van der Waals surface area (Å²) in [6.07, 6.45) is 0. The van der Waals surface area contributed by atoms with E-state index in [1.54, 1.807) is 19.1 Å². The molecule has 0 amide bonds. The Balaban J connectivity index is 2.40. The van der Waals surface area contributed by atoms with Crippen LogP contribution in [-0.2, 0) is 5.41 Å². The first-order valence-corrected chi connectivity index (χ1v) is 6.60. The number of anilines is 2. The molecule has 4 N–H and O–H groups in total. The summed E-state index contributed by atoms with van der Waals surface area (Å²) < 4.78 is 0. The Labute approximate surface area is 128 Å². The molecule has 0 fully saturated rings. The predicted octanol–water partition coefficient (Wildman–Crippen LogP) is 1.72. The molecule has 0 saturated heterocycles. The van der Waals surface area contributed by atoms with Crippen LogP contribution in [-0.4, -0.2) is 20.2 Å². The van der Waals surface area contributed by atoms with Crippen LogP contribution in [0.4, 0.5) is 11.8 Å². The summed E-state index contributed by atoms with van der Waals surface area (Å²) in [5.41, 5.74) is 12.8. The van der Waals surface area contributed by atoms with Gasteiger partial charge in [-0.15, -0.1) is 5.10 Å². The molecule has 7 heteroatoms. The van der Waals surface area contributed by atoms with E-state index < -0.39 is 5.41 Å². The number of nitrogens with zero attached hydrogens (tertiary/aromatic N) is 4. The van der Waals surface area contributed by atoms with Crippen molar-refractivity contribution in [2.45, 2.75) is 26.2 Å². The van der Waals surface area contributed by atoms with E-state index in [0.717, 1.165) is 0 Å². The predicted molar refractivity (Wildman–Crippen MR) is 82.5 cm³/mol. The number of hydrogen-bond donors (Lipinski definition) is 2. The lowest BCUT2D eigenvalue weighted by Crippen LogP contribution is -2.17. The SMILES string of the molecule is Cc1nc(N)nc(N)c1C#CC(C)(C)c1ccc(Cl)nn1. The molecule has 0 radical (unpaired) electrons. The first-order valence-electron chi connectivity index (χ1n) is 6.22. The Bertz CT molecular complexity index is 704. The van der Waals surface area contributed by atoms with Gasteiger partial charge in [-0.2, -0.15) is 10.1 Å². The molecular formula is C14H15ClN6. The van der Waals surface area contributed by atoms with Gasteiger partial charge in [0.2, 0.25) is 5.95 Å². The number of halogens is 1. The number of aryl methyl sites for hydroxylation is 1. The topological polar surface area (TPSA) is 104 Å². The van der Waals surface area contributed by atoms with E-state index >= 15 is 0 Å². The molecule has 21 heavy (non-hydrogen) atoms. The van der Waals surface area contributed by atoms with Crippen molar-refractivity contribution in [1.29, 1.82) is 0 Å². The molecule has 2 aromatic heterocycles. The molecule has 2 aromatic rings. The molecule has 6 nitrogen and oxygen atoms in total. The highest BCUT2D eigenvalue weighted by Crippen LogP contribution is 2.21. The number of nitrogen functional groups attached to an aromatic ring is 2. The smallest absolute Gasteiger partial charge is 0.222 e. The average molecular weight is 303 g/mol. The fourth-order valence-electron chi connectivity index (χ4n) is 1.70. The van der Waals surface area contributed by atoms with E-state index in [-0.39, 0.29) is 11.8 Å². The summed E-state index contributed by atoms with van der Waals surface area (Å²) in [6.45, 7) is 5.65. The van der Waals surface area contributed by atoms with Crippen LogP contribution in [0.5, 0.6) is 0 Å². The minimum Gasteiger partial charge on any atom is -0.382 e. The van der Waals surface area contributed by atoms with Crippen LogP contribution in [0.1, 0.15) is 30.8 Å². The number of hydrogen-bond acceptors (Lipinski definition) is 6. The third kappa shape index (κ3) is 3.38. The van der Waals surface area contributed by atoms with E-state index in [4.69, 9.17) is 23.1 Å². The van der Waals surface area contributed by atoms with Crippen molar-refractivity contribution < 1.29 is 0 Å². The maximum absolute atomic E-state index is 5.83. The molecular weight excluding hydrogens is 288 g/mol. The molecule has 0 aliphatic heterocycles. The number of rotatable bonds is 1. The van der Waals surface area contributed by atoms with Crippen molar-refractivity contribution in [1.82, 2.24) is 20.2 Å². The summed E-state index contributed by atoms with van der Waals surface area (Å²) in [5.74, 6) is 6.53. The zero-order valence-electron chi connectivity index (χ0n) is 12.0. The van der Waals surface area contributed by atoms with Crippen molar-refractivity contribution in [2.24, 2.45) is 0 Å². The zero-order valence-corrected chi connectivity index (χ0v) is 12.7. The van der Waals surface area contributed by atoms with Crippen molar-refractivity contribution in [2.75, 3.05) is 11.5 Å². The molecule has 0 aliphatic rings. The molecule has 2 rings (SSSR count). The first kappa shape index (κ1) is 15.0. The van der Waals surface area contributed by atoms with Crippen LogP contribution in [0.3, 0.4) is 0 Å². The number of nitrogens with two attached hydrogens (primary N) is 2. The van der Waals surface area contributed by atoms with Crippen molar-refractivity contribution in [3.8, 4) is 11.8 Å². The summed E-state index contributed by atoms with van der Waals surface area (Å²) >= 11 is 5.74.